The van der Waals surface area contributed by atoms with Gasteiger partial charge in [0.2, 0.25) is 5.91 Å². The van der Waals surface area contributed by atoms with Crippen molar-refractivity contribution in [3.8, 4) is 0 Å². The van der Waals surface area contributed by atoms with Crippen molar-refractivity contribution in [2.45, 2.75) is 25.7 Å². The van der Waals surface area contributed by atoms with Crippen LogP contribution in [-0.4, -0.2) is 23.5 Å². The Morgan fingerprint density at radius 1 is 1.43 bits per heavy atom. The summed E-state index contributed by atoms with van der Waals surface area (Å²) in [6.45, 7) is 1.99. The van der Waals surface area contributed by atoms with Gasteiger partial charge >= 0.3 is 5.97 Å². The number of hydrogen-bond acceptors (Lipinski definition) is 2. The van der Waals surface area contributed by atoms with E-state index in [1.54, 1.807) is 6.92 Å². The van der Waals surface area contributed by atoms with Gasteiger partial charge in [-0.3, -0.25) is 9.59 Å². The van der Waals surface area contributed by atoms with Crippen LogP contribution >= 0.6 is 0 Å². The number of halogens is 2. The number of carboxylic acid groups (broad SMARTS) is 1. The zero-order valence-corrected chi connectivity index (χ0v) is 11.6. The second-order valence-corrected chi connectivity index (χ2v) is 5.54. The summed E-state index contributed by atoms with van der Waals surface area (Å²) >= 11 is 0. The van der Waals surface area contributed by atoms with Crippen molar-refractivity contribution >= 4 is 11.9 Å². The molecule has 114 valence electrons. The number of aliphatic carboxylic acids is 1. The van der Waals surface area contributed by atoms with Crippen LogP contribution in [0.3, 0.4) is 0 Å². The van der Waals surface area contributed by atoms with Crippen molar-refractivity contribution in [3.63, 3.8) is 0 Å². The van der Waals surface area contributed by atoms with Gasteiger partial charge in [-0.05, 0) is 29.9 Å². The van der Waals surface area contributed by atoms with E-state index in [0.717, 1.165) is 6.07 Å². The minimum atomic E-state index is -0.914. The Balaban J connectivity index is 1.87. The third-order valence-electron chi connectivity index (χ3n) is 3.66. The summed E-state index contributed by atoms with van der Waals surface area (Å²) in [5.74, 6) is -3.78. The van der Waals surface area contributed by atoms with Crippen LogP contribution in [0, 0.1) is 23.5 Å². The number of nitrogens with one attached hydrogen (secondary N) is 1. The highest BCUT2D eigenvalue weighted by molar-refractivity contribution is 5.83. The zero-order valence-electron chi connectivity index (χ0n) is 11.6. The summed E-state index contributed by atoms with van der Waals surface area (Å²) in [7, 11) is 0. The minimum Gasteiger partial charge on any atom is -0.481 e. The first-order valence-electron chi connectivity index (χ1n) is 6.83. The number of rotatable bonds is 6. The Kier molecular flexibility index (Phi) is 4.55. The highest BCUT2D eigenvalue weighted by Crippen LogP contribution is 2.48. The molecular formula is C15H17F2NO3. The maximum absolute atomic E-state index is 13.6. The summed E-state index contributed by atoms with van der Waals surface area (Å²) in [4.78, 5) is 22.4. The molecule has 0 heterocycles. The molecule has 0 spiro atoms. The van der Waals surface area contributed by atoms with Crippen LogP contribution in [0.25, 0.3) is 0 Å². The number of amides is 1. The van der Waals surface area contributed by atoms with Crippen molar-refractivity contribution < 1.29 is 23.5 Å². The van der Waals surface area contributed by atoms with E-state index in [0.29, 0.717) is 6.42 Å². The van der Waals surface area contributed by atoms with Gasteiger partial charge in [0.25, 0.3) is 0 Å². The smallest absolute Gasteiger partial charge is 0.303 e. The molecule has 2 rings (SSSR count). The standard InChI is InChI=1S/C15H17F2NO3/c1-8(5-13(19)20)7-18-15(21)11-6-10(11)9-3-2-4-12(16)14(9)17/h2-4,8,10-11H,5-7H2,1H3,(H,18,21)(H,19,20). The molecule has 1 aromatic carbocycles. The molecule has 0 radical (unpaired) electrons. The zero-order chi connectivity index (χ0) is 15.6. The van der Waals surface area contributed by atoms with Crippen LogP contribution in [0.1, 0.15) is 31.2 Å². The Morgan fingerprint density at radius 3 is 2.81 bits per heavy atom. The Labute approximate surface area is 121 Å². The van der Waals surface area contributed by atoms with Crippen molar-refractivity contribution in [2.75, 3.05) is 6.54 Å². The first-order valence-corrected chi connectivity index (χ1v) is 6.83. The molecule has 0 aliphatic heterocycles. The molecule has 1 aliphatic carbocycles. The lowest BCUT2D eigenvalue weighted by molar-refractivity contribution is -0.138. The van der Waals surface area contributed by atoms with Gasteiger partial charge < -0.3 is 10.4 Å². The quantitative estimate of drug-likeness (QED) is 0.846. The van der Waals surface area contributed by atoms with E-state index in [9.17, 15) is 18.4 Å². The predicted octanol–water partition coefficient (Wildman–Crippen LogP) is 2.30. The van der Waals surface area contributed by atoms with E-state index in [-0.39, 0.29) is 42.2 Å². The van der Waals surface area contributed by atoms with E-state index in [2.05, 4.69) is 5.32 Å². The van der Waals surface area contributed by atoms with Gasteiger partial charge in [-0.15, -0.1) is 0 Å². The van der Waals surface area contributed by atoms with Crippen LogP contribution in [0.5, 0.6) is 0 Å². The highest BCUT2D eigenvalue weighted by Gasteiger charge is 2.45. The second-order valence-electron chi connectivity index (χ2n) is 5.54. The van der Waals surface area contributed by atoms with Crippen molar-refractivity contribution in [1.82, 2.24) is 5.32 Å². The van der Waals surface area contributed by atoms with Gasteiger partial charge in [0, 0.05) is 18.9 Å². The molecule has 1 aromatic rings. The molecule has 0 bridgehead atoms. The molecule has 1 fully saturated rings. The molecular weight excluding hydrogens is 280 g/mol. The van der Waals surface area contributed by atoms with Gasteiger partial charge in [-0.2, -0.15) is 0 Å². The third-order valence-corrected chi connectivity index (χ3v) is 3.66. The van der Waals surface area contributed by atoms with E-state index < -0.39 is 17.6 Å². The van der Waals surface area contributed by atoms with Crippen LogP contribution < -0.4 is 5.32 Å². The van der Waals surface area contributed by atoms with Crippen molar-refractivity contribution in [3.05, 3.63) is 35.4 Å². The molecule has 0 saturated heterocycles. The molecule has 0 aromatic heterocycles. The van der Waals surface area contributed by atoms with Gasteiger partial charge in [0.1, 0.15) is 0 Å². The van der Waals surface area contributed by atoms with E-state index in [1.165, 1.54) is 12.1 Å². The van der Waals surface area contributed by atoms with Gasteiger partial charge in [0.05, 0.1) is 0 Å². The second kappa shape index (κ2) is 6.20. The topological polar surface area (TPSA) is 66.4 Å². The van der Waals surface area contributed by atoms with Gasteiger partial charge in [-0.25, -0.2) is 8.78 Å². The van der Waals surface area contributed by atoms with E-state index >= 15 is 0 Å². The van der Waals surface area contributed by atoms with Gasteiger partial charge in [-0.1, -0.05) is 19.1 Å². The van der Waals surface area contributed by atoms with Crippen LogP contribution in [0.15, 0.2) is 18.2 Å². The summed E-state index contributed by atoms with van der Waals surface area (Å²) in [6, 6.07) is 3.96. The Hall–Kier alpha value is -1.98. The average molecular weight is 297 g/mol. The predicted molar refractivity (Wildman–Crippen MR) is 71.6 cm³/mol. The highest BCUT2D eigenvalue weighted by atomic mass is 19.2. The molecule has 6 heteroatoms. The Morgan fingerprint density at radius 2 is 2.14 bits per heavy atom. The lowest BCUT2D eigenvalue weighted by Crippen LogP contribution is -2.30. The van der Waals surface area contributed by atoms with Crippen LogP contribution in [0.2, 0.25) is 0 Å². The maximum Gasteiger partial charge on any atom is 0.303 e. The summed E-state index contributed by atoms with van der Waals surface area (Å²) in [5, 5.41) is 11.3. The lowest BCUT2D eigenvalue weighted by Gasteiger charge is -2.10. The number of carbonyl (C=O) groups excluding carboxylic acids is 1. The van der Waals surface area contributed by atoms with Crippen molar-refractivity contribution in [2.24, 2.45) is 11.8 Å². The third kappa shape index (κ3) is 3.77. The largest absolute Gasteiger partial charge is 0.481 e. The monoisotopic (exact) mass is 297 g/mol. The number of carbonyl (C=O) groups is 2. The lowest BCUT2D eigenvalue weighted by atomic mass is 10.1. The normalized spacial score (nSPS) is 21.7. The summed E-state index contributed by atoms with van der Waals surface area (Å²) in [6.07, 6.45) is 0.465. The van der Waals surface area contributed by atoms with Crippen LogP contribution in [-0.2, 0) is 9.59 Å². The van der Waals surface area contributed by atoms with Crippen LogP contribution in [0.4, 0.5) is 8.78 Å². The number of carboxylic acids is 1. The van der Waals surface area contributed by atoms with Crippen molar-refractivity contribution in [1.29, 1.82) is 0 Å². The van der Waals surface area contributed by atoms with E-state index in [4.69, 9.17) is 5.11 Å². The molecule has 1 amide bonds. The number of benzene rings is 1. The fourth-order valence-electron chi connectivity index (χ4n) is 2.41. The SMILES string of the molecule is CC(CNC(=O)C1CC1c1cccc(F)c1F)CC(=O)O. The first-order chi connectivity index (χ1) is 9.90. The molecule has 3 atom stereocenters. The molecule has 3 unspecified atom stereocenters. The average Bonchev–Trinajstić information content (AvgIpc) is 3.18. The summed E-state index contributed by atoms with van der Waals surface area (Å²) in [5.41, 5.74) is 0.230. The van der Waals surface area contributed by atoms with E-state index in [1.807, 2.05) is 0 Å². The minimum absolute atomic E-state index is 0.0209. The first kappa shape index (κ1) is 15.4. The molecule has 2 N–H and O–H groups in total. The fourth-order valence-corrected chi connectivity index (χ4v) is 2.41. The molecule has 1 saturated carbocycles. The molecule has 21 heavy (non-hydrogen) atoms. The fraction of sp³-hybridized carbons (Fsp3) is 0.467. The van der Waals surface area contributed by atoms with Gasteiger partial charge in [0.15, 0.2) is 11.6 Å². The Bertz CT molecular complexity index is 562. The summed E-state index contributed by atoms with van der Waals surface area (Å²) < 4.78 is 26.8. The number of hydrogen-bond donors (Lipinski definition) is 2. The molecule has 4 nitrogen and oxygen atoms in total. The molecule has 1 aliphatic rings. The maximum atomic E-state index is 13.6.